The Bertz CT molecular complexity index is 2710. The summed E-state index contributed by atoms with van der Waals surface area (Å²) < 4.78 is 9.02. The molecule has 9 aromatic rings. The Kier molecular flexibility index (Phi) is 6.43. The number of furan rings is 1. The summed E-state index contributed by atoms with van der Waals surface area (Å²) in [7, 11) is 0. The van der Waals surface area contributed by atoms with E-state index in [4.69, 9.17) is 4.42 Å². The van der Waals surface area contributed by atoms with Crippen LogP contribution in [0.25, 0.3) is 64.7 Å². The van der Waals surface area contributed by atoms with Crippen molar-refractivity contribution in [1.82, 2.24) is 0 Å². The first-order valence-electron chi connectivity index (χ1n) is 17.2. The van der Waals surface area contributed by atoms with Crippen LogP contribution in [0.1, 0.15) is 25.0 Å². The predicted molar refractivity (Wildman–Crippen MR) is 212 cm³/mol. The number of para-hydroxylation sites is 1. The van der Waals surface area contributed by atoms with Crippen LogP contribution in [-0.2, 0) is 5.41 Å². The summed E-state index contributed by atoms with van der Waals surface area (Å²) in [6, 6.07) is 59.4. The second-order valence-corrected chi connectivity index (χ2v) is 14.8. The maximum absolute atomic E-state index is 6.42. The second kappa shape index (κ2) is 11.1. The number of rotatable bonds is 5. The third-order valence-corrected chi connectivity index (χ3v) is 11.6. The first kappa shape index (κ1) is 29.1. The fourth-order valence-electron chi connectivity index (χ4n) is 7.97. The number of anilines is 3. The van der Waals surface area contributed by atoms with E-state index in [1.807, 2.05) is 17.4 Å². The van der Waals surface area contributed by atoms with Crippen molar-refractivity contribution in [2.24, 2.45) is 0 Å². The Morgan fingerprint density at radius 2 is 1.06 bits per heavy atom. The molecule has 0 spiro atoms. The number of hydrogen-bond acceptors (Lipinski definition) is 3. The molecule has 0 unspecified atom stereocenters. The molecule has 0 radical (unpaired) electrons. The first-order valence-corrected chi connectivity index (χ1v) is 18.0. The molecule has 0 bridgehead atoms. The van der Waals surface area contributed by atoms with Crippen LogP contribution < -0.4 is 4.90 Å². The van der Waals surface area contributed by atoms with Gasteiger partial charge in [-0.1, -0.05) is 123 Å². The van der Waals surface area contributed by atoms with Crippen LogP contribution >= 0.6 is 11.3 Å². The van der Waals surface area contributed by atoms with E-state index >= 15 is 0 Å². The fraction of sp³-hybridized carbons (Fsp3) is 0.0638. The van der Waals surface area contributed by atoms with Crippen LogP contribution in [0.2, 0.25) is 0 Å². The highest BCUT2D eigenvalue weighted by molar-refractivity contribution is 7.25. The molecular weight excluding hydrogens is 627 g/mol. The van der Waals surface area contributed by atoms with Crippen molar-refractivity contribution < 1.29 is 4.42 Å². The summed E-state index contributed by atoms with van der Waals surface area (Å²) >= 11 is 1.86. The van der Waals surface area contributed by atoms with Gasteiger partial charge in [-0.15, -0.1) is 11.3 Å². The van der Waals surface area contributed by atoms with E-state index in [9.17, 15) is 0 Å². The minimum Gasteiger partial charge on any atom is -0.456 e. The quantitative estimate of drug-likeness (QED) is 0.183. The number of thiophene rings is 1. The highest BCUT2D eigenvalue weighted by atomic mass is 32.1. The van der Waals surface area contributed by atoms with Gasteiger partial charge in [-0.2, -0.15) is 0 Å². The molecule has 2 nitrogen and oxygen atoms in total. The average Bonchev–Trinajstić information content (AvgIpc) is 3.81. The van der Waals surface area contributed by atoms with Crippen molar-refractivity contribution in [3.05, 3.63) is 175 Å². The van der Waals surface area contributed by atoms with Gasteiger partial charge in [-0.25, -0.2) is 0 Å². The van der Waals surface area contributed by atoms with Crippen molar-refractivity contribution >= 4 is 59.5 Å². The molecule has 1 aliphatic rings. The average molecular weight is 660 g/mol. The minimum absolute atomic E-state index is 0.152. The number of benzene rings is 7. The third kappa shape index (κ3) is 4.47. The summed E-state index contributed by atoms with van der Waals surface area (Å²) in [6.07, 6.45) is 0. The zero-order chi connectivity index (χ0) is 33.4. The molecule has 2 aromatic heterocycles. The highest BCUT2D eigenvalue weighted by Gasteiger charge is 2.40. The molecule has 0 fully saturated rings. The lowest BCUT2D eigenvalue weighted by Crippen LogP contribution is -2.15. The van der Waals surface area contributed by atoms with Gasteiger partial charge in [-0.05, 0) is 82.4 Å². The number of hydrogen-bond donors (Lipinski definition) is 0. The van der Waals surface area contributed by atoms with Crippen LogP contribution in [0, 0.1) is 0 Å². The molecule has 0 saturated carbocycles. The van der Waals surface area contributed by atoms with Gasteiger partial charge < -0.3 is 9.32 Å². The Morgan fingerprint density at radius 1 is 0.480 bits per heavy atom. The van der Waals surface area contributed by atoms with Gasteiger partial charge in [0.15, 0.2) is 0 Å². The van der Waals surface area contributed by atoms with Crippen LogP contribution in [0.15, 0.2) is 168 Å². The largest absolute Gasteiger partial charge is 0.456 e. The smallest absolute Gasteiger partial charge is 0.139 e. The maximum Gasteiger partial charge on any atom is 0.139 e. The van der Waals surface area contributed by atoms with Gasteiger partial charge in [0.2, 0.25) is 0 Å². The first-order chi connectivity index (χ1) is 24.5. The zero-order valence-corrected chi connectivity index (χ0v) is 28.7. The molecule has 7 aromatic carbocycles. The molecule has 238 valence electrons. The Hall–Kier alpha value is -5.90. The third-order valence-electron chi connectivity index (χ3n) is 10.5. The fourth-order valence-corrected chi connectivity index (χ4v) is 9.11. The van der Waals surface area contributed by atoms with Crippen LogP contribution in [-0.4, -0.2) is 0 Å². The van der Waals surface area contributed by atoms with Gasteiger partial charge in [0, 0.05) is 59.2 Å². The summed E-state index contributed by atoms with van der Waals surface area (Å²) in [4.78, 5) is 2.37. The monoisotopic (exact) mass is 659 g/mol. The molecule has 50 heavy (non-hydrogen) atoms. The summed E-state index contributed by atoms with van der Waals surface area (Å²) in [5.41, 5.74) is 12.8. The summed E-state index contributed by atoms with van der Waals surface area (Å²) in [6.45, 7) is 4.64. The zero-order valence-electron chi connectivity index (χ0n) is 27.9. The van der Waals surface area contributed by atoms with Crippen molar-refractivity contribution in [3.8, 4) is 33.6 Å². The Balaban J connectivity index is 1.05. The van der Waals surface area contributed by atoms with Gasteiger partial charge in [0.1, 0.15) is 11.3 Å². The predicted octanol–water partition coefficient (Wildman–Crippen LogP) is 13.9. The van der Waals surface area contributed by atoms with E-state index in [1.165, 1.54) is 64.5 Å². The van der Waals surface area contributed by atoms with Crippen molar-refractivity contribution in [2.75, 3.05) is 4.90 Å². The molecule has 3 heteroatoms. The molecule has 0 atom stereocenters. The van der Waals surface area contributed by atoms with Gasteiger partial charge >= 0.3 is 0 Å². The molecule has 0 N–H and O–H groups in total. The summed E-state index contributed by atoms with van der Waals surface area (Å²) in [5, 5.41) is 3.83. The normalized spacial score (nSPS) is 13.2. The van der Waals surface area contributed by atoms with E-state index in [1.54, 1.807) is 0 Å². The van der Waals surface area contributed by atoms with Gasteiger partial charge in [-0.3, -0.25) is 0 Å². The molecule has 2 heterocycles. The van der Waals surface area contributed by atoms with Crippen LogP contribution in [0.4, 0.5) is 17.1 Å². The SMILES string of the molecule is CC1(C)c2cc(-c3ccc(N(c4ccc(-c5ccccc5)cc4)c4ccc5c(c4)sc4ccccc45)cc3)ccc2-c2oc3ccccc3c21. The van der Waals surface area contributed by atoms with Crippen LogP contribution in [0.3, 0.4) is 0 Å². The lowest BCUT2D eigenvalue weighted by Gasteiger charge is -2.26. The molecule has 0 aliphatic heterocycles. The highest BCUT2D eigenvalue weighted by Crippen LogP contribution is 2.53. The number of nitrogens with zero attached hydrogens (tertiary/aromatic N) is 1. The lowest BCUT2D eigenvalue weighted by molar-refractivity contribution is 0.619. The van der Waals surface area contributed by atoms with E-state index in [-0.39, 0.29) is 5.41 Å². The van der Waals surface area contributed by atoms with E-state index < -0.39 is 0 Å². The topological polar surface area (TPSA) is 16.4 Å². The Labute approximate surface area is 295 Å². The molecule has 1 aliphatic carbocycles. The molecule has 0 saturated heterocycles. The standard InChI is InChI=1S/C47H33NOS/c1-47(2)41-28-33(20-26-39(41)46-45(47)40-13-6-8-14-42(40)49-46)32-18-23-35(24-19-32)48(34-21-16-31(17-22-34)30-10-4-3-5-11-30)36-25-27-38-37-12-7-9-15-43(37)50-44(38)29-36/h3-29H,1-2H3. The summed E-state index contributed by atoms with van der Waals surface area (Å²) in [5.74, 6) is 1.01. The van der Waals surface area contributed by atoms with E-state index in [0.717, 1.165) is 28.4 Å². The van der Waals surface area contributed by atoms with Crippen LogP contribution in [0.5, 0.6) is 0 Å². The molecular formula is C47H33NOS. The molecule has 10 rings (SSSR count). The van der Waals surface area contributed by atoms with Gasteiger partial charge in [0.05, 0.1) is 0 Å². The second-order valence-electron chi connectivity index (χ2n) is 13.8. The van der Waals surface area contributed by atoms with E-state index in [2.05, 4.69) is 176 Å². The number of fused-ring (bicyclic) bond motifs is 8. The minimum atomic E-state index is -0.152. The maximum atomic E-state index is 6.42. The molecule has 0 amide bonds. The van der Waals surface area contributed by atoms with Gasteiger partial charge in [0.25, 0.3) is 0 Å². The van der Waals surface area contributed by atoms with Crippen molar-refractivity contribution in [2.45, 2.75) is 19.3 Å². The van der Waals surface area contributed by atoms with Crippen molar-refractivity contribution in [3.63, 3.8) is 0 Å². The van der Waals surface area contributed by atoms with Crippen molar-refractivity contribution in [1.29, 1.82) is 0 Å². The lowest BCUT2D eigenvalue weighted by atomic mass is 9.80. The van der Waals surface area contributed by atoms with E-state index in [0.29, 0.717) is 0 Å². The Morgan fingerprint density at radius 3 is 1.82 bits per heavy atom.